The van der Waals surface area contributed by atoms with Crippen LogP contribution in [0.5, 0.6) is 5.75 Å². The average molecular weight is 312 g/mol. The van der Waals surface area contributed by atoms with Crippen LogP contribution < -0.4 is 4.74 Å². The van der Waals surface area contributed by atoms with Crippen LogP contribution in [0.3, 0.4) is 0 Å². The van der Waals surface area contributed by atoms with Gasteiger partial charge in [0.1, 0.15) is 12.0 Å². The van der Waals surface area contributed by atoms with Gasteiger partial charge in [-0.2, -0.15) is 0 Å². The Hall–Kier alpha value is -2.62. The summed E-state index contributed by atoms with van der Waals surface area (Å²) in [5.74, 6) is 0.403. The third-order valence-electron chi connectivity index (χ3n) is 3.38. The van der Waals surface area contributed by atoms with Crippen LogP contribution in [0.2, 0.25) is 0 Å². The van der Waals surface area contributed by atoms with E-state index in [1.54, 1.807) is 6.08 Å². The van der Waals surface area contributed by atoms with E-state index in [0.29, 0.717) is 12.2 Å². The normalized spacial score (nSPS) is 10.8. The topological polar surface area (TPSA) is 52.6 Å². The molecule has 0 atom stereocenters. The lowest BCUT2D eigenvalue weighted by Crippen LogP contribution is -2.10. The van der Waals surface area contributed by atoms with Crippen molar-refractivity contribution in [3.05, 3.63) is 54.6 Å². The molecule has 0 aliphatic heterocycles. The van der Waals surface area contributed by atoms with Gasteiger partial charge >= 0.3 is 5.97 Å². The lowest BCUT2D eigenvalue weighted by Gasteiger charge is -2.08. The van der Waals surface area contributed by atoms with Gasteiger partial charge in [0.25, 0.3) is 0 Å². The largest absolute Gasteiger partial charge is 0.457 e. The summed E-state index contributed by atoms with van der Waals surface area (Å²) in [4.78, 5) is 21.6. The van der Waals surface area contributed by atoms with Crippen molar-refractivity contribution in [3.63, 3.8) is 0 Å². The Labute approximate surface area is 135 Å². The molecule has 0 amide bonds. The van der Waals surface area contributed by atoms with Crippen molar-refractivity contribution in [1.82, 2.24) is 0 Å². The second kappa shape index (κ2) is 9.41. The molecule has 0 fully saturated rings. The first-order valence-corrected chi connectivity index (χ1v) is 7.67. The number of unbranched alkanes of at least 4 members (excludes halogenated alkanes) is 2. The summed E-state index contributed by atoms with van der Waals surface area (Å²) in [6, 6.07) is 13.7. The van der Waals surface area contributed by atoms with Crippen molar-refractivity contribution < 1.29 is 19.1 Å². The zero-order chi connectivity index (χ0) is 16.3. The van der Waals surface area contributed by atoms with Crippen molar-refractivity contribution in [3.8, 4) is 5.75 Å². The predicted molar refractivity (Wildman–Crippen MR) is 89.2 cm³/mol. The van der Waals surface area contributed by atoms with E-state index in [2.05, 4.69) is 0 Å². The summed E-state index contributed by atoms with van der Waals surface area (Å²) in [5.41, 5.74) is 0. The molecular formula is C19H20O4. The van der Waals surface area contributed by atoms with Gasteiger partial charge in [0, 0.05) is 6.42 Å². The number of ether oxygens (including phenoxy) is 2. The lowest BCUT2D eigenvalue weighted by molar-refractivity contribution is -0.150. The number of carbonyl (C=O) groups is 2. The molecule has 2 rings (SSSR count). The van der Waals surface area contributed by atoms with Crippen molar-refractivity contribution in [2.24, 2.45) is 0 Å². The molecule has 0 N–H and O–H groups in total. The summed E-state index contributed by atoms with van der Waals surface area (Å²) in [6.45, 7) is -0.0811. The minimum absolute atomic E-state index is 0.0811. The molecule has 0 spiro atoms. The molecule has 2 aromatic carbocycles. The first-order chi connectivity index (χ1) is 11.3. The fraction of sp³-hybridized carbons (Fsp3) is 0.263. The molecule has 0 aliphatic carbocycles. The molecular weight excluding hydrogens is 292 g/mol. The number of hydrogen-bond donors (Lipinski definition) is 0. The highest BCUT2D eigenvalue weighted by atomic mass is 16.7. The molecule has 0 aliphatic rings. The number of hydrogen-bond acceptors (Lipinski definition) is 4. The van der Waals surface area contributed by atoms with Crippen LogP contribution in [-0.4, -0.2) is 19.0 Å². The summed E-state index contributed by atoms with van der Waals surface area (Å²) in [7, 11) is 0. The molecule has 0 bridgehead atoms. The average Bonchev–Trinajstić information content (AvgIpc) is 2.58. The Morgan fingerprint density at radius 2 is 1.87 bits per heavy atom. The van der Waals surface area contributed by atoms with E-state index in [1.807, 2.05) is 42.5 Å². The zero-order valence-corrected chi connectivity index (χ0v) is 12.9. The Kier molecular flexibility index (Phi) is 6.85. The molecule has 0 saturated heterocycles. The molecule has 23 heavy (non-hydrogen) atoms. The highest BCUT2D eigenvalue weighted by Gasteiger charge is 2.03. The second-order valence-electron chi connectivity index (χ2n) is 5.10. The maximum Gasteiger partial charge on any atom is 0.308 e. The van der Waals surface area contributed by atoms with Gasteiger partial charge in [-0.3, -0.25) is 9.59 Å². The van der Waals surface area contributed by atoms with Gasteiger partial charge < -0.3 is 9.47 Å². The van der Waals surface area contributed by atoms with E-state index in [4.69, 9.17) is 9.47 Å². The number of allylic oxidation sites excluding steroid dienone is 2. The lowest BCUT2D eigenvalue weighted by atomic mass is 10.1. The second-order valence-corrected chi connectivity index (χ2v) is 5.10. The van der Waals surface area contributed by atoms with E-state index in [9.17, 15) is 9.59 Å². The van der Waals surface area contributed by atoms with Crippen molar-refractivity contribution in [2.75, 3.05) is 6.79 Å². The summed E-state index contributed by atoms with van der Waals surface area (Å²) in [5, 5.41) is 2.22. The van der Waals surface area contributed by atoms with Crippen LogP contribution in [0, 0.1) is 0 Å². The predicted octanol–water partition coefficient (Wildman–Crippen LogP) is 4.03. The number of fused-ring (bicyclic) bond motifs is 1. The fourth-order valence-electron chi connectivity index (χ4n) is 2.18. The van der Waals surface area contributed by atoms with Crippen LogP contribution in [0.25, 0.3) is 10.8 Å². The molecule has 4 heteroatoms. The molecule has 0 radical (unpaired) electrons. The van der Waals surface area contributed by atoms with Gasteiger partial charge in [0.15, 0.2) is 0 Å². The standard InChI is InChI=1S/C19H20O4/c20-13-7-3-1-2-4-10-19(21)23-15-22-18-12-11-16-8-5-6-9-17(16)14-18/h3,5-9,11-14H,1-2,4,10,15H2. The van der Waals surface area contributed by atoms with E-state index >= 15 is 0 Å². The molecule has 4 nitrogen and oxygen atoms in total. The zero-order valence-electron chi connectivity index (χ0n) is 12.9. The minimum Gasteiger partial charge on any atom is -0.457 e. The highest BCUT2D eigenvalue weighted by molar-refractivity contribution is 5.83. The van der Waals surface area contributed by atoms with E-state index in [1.165, 1.54) is 6.08 Å². The van der Waals surface area contributed by atoms with Gasteiger partial charge in [-0.05, 0) is 48.2 Å². The van der Waals surface area contributed by atoms with Crippen molar-refractivity contribution in [2.45, 2.75) is 25.7 Å². The quantitative estimate of drug-likeness (QED) is 0.231. The summed E-state index contributed by atoms with van der Waals surface area (Å²) < 4.78 is 10.5. The number of benzene rings is 2. The van der Waals surface area contributed by atoms with Gasteiger partial charge in [-0.1, -0.05) is 36.4 Å². The maximum atomic E-state index is 11.6. The Balaban J connectivity index is 1.66. The Bertz CT molecular complexity index is 676. The highest BCUT2D eigenvalue weighted by Crippen LogP contribution is 2.20. The molecule has 2 aromatic rings. The maximum absolute atomic E-state index is 11.6. The third-order valence-corrected chi connectivity index (χ3v) is 3.38. The van der Waals surface area contributed by atoms with E-state index < -0.39 is 0 Å². The molecule has 120 valence electrons. The minimum atomic E-state index is -0.273. The number of carbonyl (C=O) groups excluding carboxylic acids is 2. The van der Waals surface area contributed by atoms with Crippen molar-refractivity contribution >= 4 is 23.0 Å². The number of rotatable bonds is 9. The van der Waals surface area contributed by atoms with Gasteiger partial charge in [-0.25, -0.2) is 0 Å². The smallest absolute Gasteiger partial charge is 0.308 e. The fourth-order valence-corrected chi connectivity index (χ4v) is 2.18. The van der Waals surface area contributed by atoms with Crippen molar-refractivity contribution in [1.29, 1.82) is 0 Å². The van der Waals surface area contributed by atoms with Gasteiger partial charge in [-0.15, -0.1) is 0 Å². The first-order valence-electron chi connectivity index (χ1n) is 7.67. The van der Waals surface area contributed by atoms with Crippen LogP contribution in [-0.2, 0) is 14.3 Å². The van der Waals surface area contributed by atoms with Crippen LogP contribution in [0.4, 0.5) is 0 Å². The van der Waals surface area contributed by atoms with Gasteiger partial charge in [0.2, 0.25) is 6.79 Å². The summed E-state index contributed by atoms with van der Waals surface area (Å²) >= 11 is 0. The molecule has 0 saturated carbocycles. The molecule has 0 unspecified atom stereocenters. The molecule has 0 heterocycles. The molecule has 0 aromatic heterocycles. The van der Waals surface area contributed by atoms with Crippen LogP contribution >= 0.6 is 0 Å². The van der Waals surface area contributed by atoms with Crippen LogP contribution in [0.1, 0.15) is 25.7 Å². The Morgan fingerprint density at radius 1 is 1.04 bits per heavy atom. The first kappa shape index (κ1) is 16.7. The third kappa shape index (κ3) is 5.94. The monoisotopic (exact) mass is 312 g/mol. The van der Waals surface area contributed by atoms with E-state index in [0.717, 1.165) is 36.3 Å². The number of esters is 1. The van der Waals surface area contributed by atoms with Crippen LogP contribution in [0.15, 0.2) is 54.6 Å². The van der Waals surface area contributed by atoms with E-state index in [-0.39, 0.29) is 12.8 Å². The number of aldehydes is 1. The Morgan fingerprint density at radius 3 is 2.70 bits per heavy atom. The SMILES string of the molecule is O=CC=CCCCCC(=O)OCOc1ccc2ccccc2c1. The summed E-state index contributed by atoms with van der Waals surface area (Å²) in [6.07, 6.45) is 6.74. The van der Waals surface area contributed by atoms with Gasteiger partial charge in [0.05, 0.1) is 0 Å².